The Morgan fingerprint density at radius 2 is 1.97 bits per heavy atom. The number of amides is 2. The highest BCUT2D eigenvalue weighted by Gasteiger charge is 2.32. The van der Waals surface area contributed by atoms with Gasteiger partial charge in [-0.3, -0.25) is 14.5 Å². The largest absolute Gasteiger partial charge is 0.423 e. The molecular formula is C22H15ClN2O4S2. The second kappa shape index (κ2) is 9.05. The summed E-state index contributed by atoms with van der Waals surface area (Å²) >= 11 is 12.7. The molecule has 3 aromatic rings. The van der Waals surface area contributed by atoms with Gasteiger partial charge in [0.25, 0.3) is 5.91 Å². The quantitative estimate of drug-likeness (QED) is 0.331. The minimum Gasteiger partial charge on any atom is -0.423 e. The molecule has 6 nitrogen and oxygen atoms in total. The van der Waals surface area contributed by atoms with E-state index in [1.54, 1.807) is 36.4 Å². The van der Waals surface area contributed by atoms with Crippen LogP contribution < -0.4 is 10.9 Å². The van der Waals surface area contributed by atoms with Crippen molar-refractivity contribution in [3.8, 4) is 0 Å². The standard InChI is InChI=1S/C22H15ClN2O4S2/c23-16-4-2-1-3-13(16)12-18-21(28)25(22(30)31-18)10-9-19(26)24-15-6-7-17-14(11-15)5-8-20(27)29-17/h1-8,11-12H,9-10H2,(H,24,26)/b18-12-. The van der Waals surface area contributed by atoms with Gasteiger partial charge in [-0.05, 0) is 42.0 Å². The van der Waals surface area contributed by atoms with E-state index in [2.05, 4.69) is 5.32 Å². The smallest absolute Gasteiger partial charge is 0.336 e. The molecule has 1 aromatic heterocycles. The number of nitrogens with one attached hydrogen (secondary N) is 1. The van der Waals surface area contributed by atoms with E-state index in [9.17, 15) is 14.4 Å². The van der Waals surface area contributed by atoms with E-state index in [0.29, 0.717) is 30.9 Å². The molecule has 0 spiro atoms. The zero-order valence-electron chi connectivity index (χ0n) is 16.0. The van der Waals surface area contributed by atoms with Crippen LogP contribution in [0, 0.1) is 0 Å². The first kappa shape index (κ1) is 21.3. The summed E-state index contributed by atoms with van der Waals surface area (Å²) in [6, 6.07) is 15.1. The Kier molecular flexibility index (Phi) is 6.22. The van der Waals surface area contributed by atoms with E-state index in [1.807, 2.05) is 18.2 Å². The molecule has 4 rings (SSSR count). The van der Waals surface area contributed by atoms with Crippen LogP contribution in [0.25, 0.3) is 17.0 Å². The molecule has 0 saturated carbocycles. The Hall–Kier alpha value is -2.94. The molecule has 1 fully saturated rings. The molecule has 31 heavy (non-hydrogen) atoms. The molecule has 1 aliphatic heterocycles. The molecule has 1 saturated heterocycles. The summed E-state index contributed by atoms with van der Waals surface area (Å²) in [5.74, 6) is -0.510. The van der Waals surface area contributed by atoms with Crippen LogP contribution in [0.1, 0.15) is 12.0 Å². The monoisotopic (exact) mass is 470 g/mol. The van der Waals surface area contributed by atoms with Gasteiger partial charge in [0.2, 0.25) is 5.91 Å². The summed E-state index contributed by atoms with van der Waals surface area (Å²) in [7, 11) is 0. The molecule has 1 N–H and O–H groups in total. The number of nitrogens with zero attached hydrogens (tertiary/aromatic N) is 1. The predicted octanol–water partition coefficient (Wildman–Crippen LogP) is 4.68. The summed E-state index contributed by atoms with van der Waals surface area (Å²) in [6.45, 7) is 0.165. The Bertz CT molecular complexity index is 1300. The molecule has 1 aliphatic rings. The van der Waals surface area contributed by atoms with Crippen LogP contribution in [-0.4, -0.2) is 27.6 Å². The summed E-state index contributed by atoms with van der Waals surface area (Å²) in [5.41, 5.74) is 1.30. The number of hydrogen-bond donors (Lipinski definition) is 1. The second-order valence-corrected chi connectivity index (χ2v) is 8.74. The fraction of sp³-hybridized carbons (Fsp3) is 0.0909. The maximum absolute atomic E-state index is 12.7. The van der Waals surface area contributed by atoms with Crippen molar-refractivity contribution < 1.29 is 14.0 Å². The van der Waals surface area contributed by atoms with Gasteiger partial charge in [-0.25, -0.2) is 4.79 Å². The number of anilines is 1. The van der Waals surface area contributed by atoms with Crippen molar-refractivity contribution in [2.24, 2.45) is 0 Å². The molecular weight excluding hydrogens is 456 g/mol. The van der Waals surface area contributed by atoms with Crippen LogP contribution in [-0.2, 0) is 9.59 Å². The summed E-state index contributed by atoms with van der Waals surface area (Å²) < 4.78 is 5.48. The van der Waals surface area contributed by atoms with Crippen LogP contribution in [0.2, 0.25) is 5.02 Å². The number of rotatable bonds is 5. The summed E-state index contributed by atoms with van der Waals surface area (Å²) in [4.78, 5) is 38.2. The normalized spacial score (nSPS) is 15.1. The Morgan fingerprint density at radius 1 is 1.16 bits per heavy atom. The molecule has 0 unspecified atom stereocenters. The van der Waals surface area contributed by atoms with Gasteiger partial charge in [0, 0.05) is 35.1 Å². The minimum absolute atomic E-state index is 0.0771. The summed E-state index contributed by atoms with van der Waals surface area (Å²) in [6.07, 6.45) is 1.78. The van der Waals surface area contributed by atoms with E-state index >= 15 is 0 Å². The maximum Gasteiger partial charge on any atom is 0.336 e. The first-order valence-electron chi connectivity index (χ1n) is 9.24. The average Bonchev–Trinajstić information content (AvgIpc) is 3.01. The Labute approximate surface area is 191 Å². The fourth-order valence-corrected chi connectivity index (χ4v) is 4.50. The van der Waals surface area contributed by atoms with Crippen LogP contribution >= 0.6 is 35.6 Å². The van der Waals surface area contributed by atoms with Gasteiger partial charge >= 0.3 is 5.63 Å². The lowest BCUT2D eigenvalue weighted by Gasteiger charge is -2.14. The second-order valence-electron chi connectivity index (χ2n) is 6.66. The van der Waals surface area contributed by atoms with E-state index in [1.165, 1.54) is 22.7 Å². The number of carbonyl (C=O) groups excluding carboxylic acids is 2. The molecule has 9 heteroatoms. The van der Waals surface area contributed by atoms with Crippen molar-refractivity contribution in [1.29, 1.82) is 0 Å². The predicted molar refractivity (Wildman–Crippen MR) is 127 cm³/mol. The van der Waals surface area contributed by atoms with Crippen molar-refractivity contribution >= 4 is 74.4 Å². The van der Waals surface area contributed by atoms with Crippen molar-refractivity contribution in [2.75, 3.05) is 11.9 Å². The van der Waals surface area contributed by atoms with E-state index in [0.717, 1.165) is 5.56 Å². The third-order valence-corrected chi connectivity index (χ3v) is 6.25. The number of fused-ring (bicyclic) bond motifs is 1. The van der Waals surface area contributed by atoms with E-state index in [-0.39, 0.29) is 24.8 Å². The zero-order valence-corrected chi connectivity index (χ0v) is 18.4. The van der Waals surface area contributed by atoms with Crippen molar-refractivity contribution in [3.05, 3.63) is 80.5 Å². The zero-order chi connectivity index (χ0) is 22.0. The van der Waals surface area contributed by atoms with Gasteiger partial charge in [0.05, 0.1) is 4.91 Å². The highest BCUT2D eigenvalue weighted by Crippen LogP contribution is 2.33. The van der Waals surface area contributed by atoms with Crippen molar-refractivity contribution in [2.45, 2.75) is 6.42 Å². The van der Waals surface area contributed by atoms with E-state index in [4.69, 9.17) is 28.2 Å². The number of thiocarbonyl (C=S) groups is 1. The van der Waals surface area contributed by atoms with E-state index < -0.39 is 5.63 Å². The lowest BCUT2D eigenvalue weighted by atomic mass is 10.2. The number of carbonyl (C=O) groups is 2. The first-order valence-corrected chi connectivity index (χ1v) is 10.8. The van der Waals surface area contributed by atoms with Gasteiger partial charge in [-0.1, -0.05) is 53.8 Å². The van der Waals surface area contributed by atoms with Gasteiger partial charge in [0.15, 0.2) is 0 Å². The molecule has 0 radical (unpaired) electrons. The number of halogens is 1. The third kappa shape index (κ3) is 4.87. The SMILES string of the molecule is O=C(CCN1C(=O)/C(=C/c2ccccc2Cl)SC1=S)Nc1ccc2oc(=O)ccc2c1. The molecule has 2 aromatic carbocycles. The molecule has 2 heterocycles. The minimum atomic E-state index is -0.434. The maximum atomic E-state index is 12.7. The lowest BCUT2D eigenvalue weighted by molar-refractivity contribution is -0.122. The first-order chi connectivity index (χ1) is 14.9. The topological polar surface area (TPSA) is 79.6 Å². The van der Waals surface area contributed by atoms with Crippen LogP contribution in [0.4, 0.5) is 5.69 Å². The van der Waals surface area contributed by atoms with Crippen LogP contribution in [0.15, 0.2) is 68.7 Å². The Morgan fingerprint density at radius 3 is 2.77 bits per heavy atom. The molecule has 156 valence electrons. The molecule has 0 aliphatic carbocycles. The highest BCUT2D eigenvalue weighted by molar-refractivity contribution is 8.26. The molecule has 0 atom stereocenters. The third-order valence-electron chi connectivity index (χ3n) is 4.53. The van der Waals surface area contributed by atoms with Crippen molar-refractivity contribution in [1.82, 2.24) is 4.90 Å². The van der Waals surface area contributed by atoms with Gasteiger partial charge in [0.1, 0.15) is 9.90 Å². The van der Waals surface area contributed by atoms with Gasteiger partial charge in [-0.15, -0.1) is 0 Å². The summed E-state index contributed by atoms with van der Waals surface area (Å²) in [5, 5.41) is 4.02. The fourth-order valence-electron chi connectivity index (χ4n) is 3.01. The lowest BCUT2D eigenvalue weighted by Crippen LogP contribution is -2.31. The average molecular weight is 471 g/mol. The van der Waals surface area contributed by atoms with Crippen LogP contribution in [0.3, 0.4) is 0 Å². The number of thioether (sulfide) groups is 1. The van der Waals surface area contributed by atoms with Crippen LogP contribution in [0.5, 0.6) is 0 Å². The van der Waals surface area contributed by atoms with Gasteiger partial charge < -0.3 is 9.73 Å². The highest BCUT2D eigenvalue weighted by atomic mass is 35.5. The van der Waals surface area contributed by atoms with Crippen molar-refractivity contribution in [3.63, 3.8) is 0 Å². The Balaban J connectivity index is 1.39. The number of hydrogen-bond acceptors (Lipinski definition) is 6. The molecule has 2 amide bonds. The number of benzene rings is 2. The molecule has 0 bridgehead atoms. The van der Waals surface area contributed by atoms with Gasteiger partial charge in [-0.2, -0.15) is 0 Å².